The van der Waals surface area contributed by atoms with E-state index in [0.717, 1.165) is 40.3 Å². The summed E-state index contributed by atoms with van der Waals surface area (Å²) >= 11 is 1.65. The van der Waals surface area contributed by atoms with Crippen molar-refractivity contribution in [2.75, 3.05) is 5.73 Å². The van der Waals surface area contributed by atoms with Gasteiger partial charge in [-0.25, -0.2) is 15.0 Å². The quantitative estimate of drug-likeness (QED) is 0.361. The number of hydrogen-bond acceptors (Lipinski definition) is 7. The van der Waals surface area contributed by atoms with Crippen molar-refractivity contribution < 1.29 is 4.74 Å². The van der Waals surface area contributed by atoms with Gasteiger partial charge in [0.1, 0.15) is 24.0 Å². The van der Waals surface area contributed by atoms with E-state index >= 15 is 0 Å². The highest BCUT2D eigenvalue weighted by Crippen LogP contribution is 2.32. The number of anilines is 1. The number of aryl methyl sites for hydroxylation is 3. The fraction of sp³-hybridized carbons (Fsp3) is 0.231. The van der Waals surface area contributed by atoms with Gasteiger partial charge in [0.2, 0.25) is 0 Å². The number of hydrogen-bond donors (Lipinski definition) is 1. The Morgan fingerprint density at radius 3 is 2.74 bits per heavy atom. The minimum atomic E-state index is -0.00290. The van der Waals surface area contributed by atoms with E-state index < -0.39 is 0 Å². The van der Waals surface area contributed by atoms with Crippen molar-refractivity contribution >= 4 is 27.4 Å². The van der Waals surface area contributed by atoms with Crippen LogP contribution in [0.2, 0.25) is 0 Å². The zero-order chi connectivity index (χ0) is 23.7. The molecule has 0 fully saturated rings. The topological polar surface area (TPSA) is 91.7 Å². The molecule has 7 nitrogen and oxygen atoms in total. The van der Waals surface area contributed by atoms with Crippen LogP contribution in [0.5, 0.6) is 5.75 Å². The molecule has 0 saturated heterocycles. The van der Waals surface area contributed by atoms with Gasteiger partial charge in [-0.15, -0.1) is 11.3 Å². The first-order valence-corrected chi connectivity index (χ1v) is 12.0. The summed E-state index contributed by atoms with van der Waals surface area (Å²) in [5.41, 5.74) is 14.2. The standard InChI is InChI=1S/C26H26N6OS/c1-16-9-20(32(3)31-16)14-33-21-6-4-5-19(12-21)22(24-13-26(27)30-17(2)29-24)10-18-7-8-23-25(11-18)34-15-28-23/h4-9,11-13,15,22H,10,14H2,1-3H3,(H2,27,29,30)/t22-/m1/s1. The van der Waals surface area contributed by atoms with E-state index in [4.69, 9.17) is 15.5 Å². The Kier molecular flexibility index (Phi) is 5.98. The van der Waals surface area contributed by atoms with Gasteiger partial charge in [-0.2, -0.15) is 5.10 Å². The summed E-state index contributed by atoms with van der Waals surface area (Å²) in [6.07, 6.45) is 0.772. The molecule has 0 aliphatic carbocycles. The average molecular weight is 471 g/mol. The Morgan fingerprint density at radius 2 is 1.94 bits per heavy atom. The second kappa shape index (κ2) is 9.23. The monoisotopic (exact) mass is 470 g/mol. The zero-order valence-electron chi connectivity index (χ0n) is 19.4. The van der Waals surface area contributed by atoms with E-state index in [9.17, 15) is 0 Å². The van der Waals surface area contributed by atoms with Gasteiger partial charge in [-0.05, 0) is 61.7 Å². The van der Waals surface area contributed by atoms with Crippen LogP contribution >= 0.6 is 11.3 Å². The smallest absolute Gasteiger partial charge is 0.130 e. The molecule has 172 valence electrons. The molecule has 1 atom stereocenters. The van der Waals surface area contributed by atoms with Crippen LogP contribution in [0, 0.1) is 13.8 Å². The van der Waals surface area contributed by atoms with Crippen LogP contribution in [0.25, 0.3) is 10.2 Å². The lowest BCUT2D eigenvalue weighted by Crippen LogP contribution is -2.10. The maximum Gasteiger partial charge on any atom is 0.130 e. The van der Waals surface area contributed by atoms with E-state index in [1.807, 2.05) is 55.4 Å². The normalized spacial score (nSPS) is 12.2. The second-order valence-corrected chi connectivity index (χ2v) is 9.32. The van der Waals surface area contributed by atoms with E-state index in [-0.39, 0.29) is 5.92 Å². The molecular weight excluding hydrogens is 444 g/mol. The first kappa shape index (κ1) is 22.0. The molecule has 3 heterocycles. The van der Waals surface area contributed by atoms with E-state index in [2.05, 4.69) is 45.4 Å². The maximum atomic E-state index is 6.13. The lowest BCUT2D eigenvalue weighted by atomic mass is 9.88. The van der Waals surface area contributed by atoms with Gasteiger partial charge < -0.3 is 10.5 Å². The number of nitrogen functional groups attached to an aromatic ring is 1. The van der Waals surface area contributed by atoms with Crippen LogP contribution in [-0.2, 0) is 20.1 Å². The molecule has 34 heavy (non-hydrogen) atoms. The van der Waals surface area contributed by atoms with Crippen molar-refractivity contribution in [3.05, 3.63) is 94.1 Å². The first-order chi connectivity index (χ1) is 16.4. The van der Waals surface area contributed by atoms with Crippen LogP contribution in [-0.4, -0.2) is 24.7 Å². The van der Waals surface area contributed by atoms with Gasteiger partial charge in [0.25, 0.3) is 0 Å². The van der Waals surface area contributed by atoms with Crippen molar-refractivity contribution in [3.63, 3.8) is 0 Å². The first-order valence-electron chi connectivity index (χ1n) is 11.1. The number of rotatable bonds is 7. The number of thiazole rings is 1. The molecule has 0 aliphatic rings. The molecule has 0 spiro atoms. The Labute approximate surface area is 202 Å². The van der Waals surface area contributed by atoms with Crippen LogP contribution in [0.1, 0.15) is 40.0 Å². The fourth-order valence-corrected chi connectivity index (χ4v) is 4.97. The third-order valence-corrected chi connectivity index (χ3v) is 6.61. The predicted molar refractivity (Wildman–Crippen MR) is 135 cm³/mol. The molecule has 0 bridgehead atoms. The van der Waals surface area contributed by atoms with Crippen LogP contribution < -0.4 is 10.5 Å². The second-order valence-electron chi connectivity index (χ2n) is 8.44. The summed E-state index contributed by atoms with van der Waals surface area (Å²) in [6.45, 7) is 4.30. The lowest BCUT2D eigenvalue weighted by Gasteiger charge is -2.19. The van der Waals surface area contributed by atoms with E-state index in [0.29, 0.717) is 18.2 Å². The van der Waals surface area contributed by atoms with Gasteiger partial charge >= 0.3 is 0 Å². The average Bonchev–Trinajstić information content (AvgIpc) is 3.40. The highest BCUT2D eigenvalue weighted by Gasteiger charge is 2.19. The Morgan fingerprint density at radius 1 is 1.06 bits per heavy atom. The van der Waals surface area contributed by atoms with Gasteiger partial charge in [-0.3, -0.25) is 4.68 Å². The number of aromatic nitrogens is 5. The zero-order valence-corrected chi connectivity index (χ0v) is 20.2. The number of nitrogens with zero attached hydrogens (tertiary/aromatic N) is 5. The minimum Gasteiger partial charge on any atom is -0.487 e. The number of benzene rings is 2. The summed E-state index contributed by atoms with van der Waals surface area (Å²) in [5, 5.41) is 4.40. The Hall–Kier alpha value is -3.78. The van der Waals surface area contributed by atoms with Crippen molar-refractivity contribution in [1.82, 2.24) is 24.7 Å². The highest BCUT2D eigenvalue weighted by molar-refractivity contribution is 7.16. The Bertz CT molecular complexity index is 1440. The van der Waals surface area contributed by atoms with Crippen molar-refractivity contribution in [1.29, 1.82) is 0 Å². The minimum absolute atomic E-state index is 0.00290. The van der Waals surface area contributed by atoms with Crippen molar-refractivity contribution in [2.24, 2.45) is 7.05 Å². The van der Waals surface area contributed by atoms with Crippen LogP contribution in [0.4, 0.5) is 5.82 Å². The summed E-state index contributed by atoms with van der Waals surface area (Å²) in [4.78, 5) is 13.4. The third-order valence-electron chi connectivity index (χ3n) is 5.82. The molecular formula is C26H26N6OS. The van der Waals surface area contributed by atoms with Gasteiger partial charge in [0, 0.05) is 19.0 Å². The molecule has 8 heteroatoms. The predicted octanol–water partition coefficient (Wildman–Crippen LogP) is 4.97. The summed E-state index contributed by atoms with van der Waals surface area (Å²) < 4.78 is 9.16. The molecule has 0 amide bonds. The van der Waals surface area contributed by atoms with Crippen molar-refractivity contribution in [2.45, 2.75) is 32.8 Å². The summed E-state index contributed by atoms with van der Waals surface area (Å²) in [7, 11) is 1.93. The molecule has 0 radical (unpaired) electrons. The Balaban J connectivity index is 1.47. The molecule has 5 rings (SSSR count). The summed E-state index contributed by atoms with van der Waals surface area (Å²) in [6, 6.07) is 18.5. The van der Waals surface area contributed by atoms with Gasteiger partial charge in [0.15, 0.2) is 0 Å². The van der Waals surface area contributed by atoms with E-state index in [1.54, 1.807) is 11.3 Å². The molecule has 2 N–H and O–H groups in total. The molecule has 2 aromatic carbocycles. The summed E-state index contributed by atoms with van der Waals surface area (Å²) in [5.74, 6) is 1.94. The van der Waals surface area contributed by atoms with Crippen LogP contribution in [0.3, 0.4) is 0 Å². The number of fused-ring (bicyclic) bond motifs is 1. The molecule has 0 saturated carbocycles. The van der Waals surface area contributed by atoms with Crippen molar-refractivity contribution in [3.8, 4) is 5.75 Å². The number of ether oxygens (including phenoxy) is 1. The highest BCUT2D eigenvalue weighted by atomic mass is 32.1. The molecule has 3 aromatic heterocycles. The third kappa shape index (κ3) is 4.77. The molecule has 5 aromatic rings. The fourth-order valence-electron chi connectivity index (χ4n) is 4.23. The maximum absolute atomic E-state index is 6.13. The molecule has 0 unspecified atom stereocenters. The number of nitrogens with two attached hydrogens (primary N) is 1. The van der Waals surface area contributed by atoms with Crippen LogP contribution in [0.15, 0.2) is 60.1 Å². The van der Waals surface area contributed by atoms with Gasteiger partial charge in [-0.1, -0.05) is 18.2 Å². The van der Waals surface area contributed by atoms with Gasteiger partial charge in [0.05, 0.1) is 32.8 Å². The lowest BCUT2D eigenvalue weighted by molar-refractivity contribution is 0.294. The SMILES string of the molecule is Cc1cc(COc2cccc([C@@H](Cc3ccc4ncsc4c3)c3cc(N)nc(C)n3)c2)n(C)n1. The molecule has 0 aliphatic heterocycles. The largest absolute Gasteiger partial charge is 0.487 e. The van der Waals surface area contributed by atoms with E-state index in [1.165, 1.54) is 10.3 Å².